The molecule has 0 saturated carbocycles. The minimum Gasteiger partial charge on any atom is -0.497 e. The van der Waals surface area contributed by atoms with Crippen molar-refractivity contribution in [2.45, 2.75) is 19.5 Å². The first kappa shape index (κ1) is 20.5. The number of nitrogens with zero attached hydrogens (tertiary/aromatic N) is 2. The molecule has 1 aliphatic heterocycles. The molecule has 4 amide bonds. The zero-order chi connectivity index (χ0) is 19.8. The van der Waals surface area contributed by atoms with E-state index in [1.165, 1.54) is 16.9 Å². The number of nitrogens with one attached hydrogen (secondary N) is 2. The van der Waals surface area contributed by atoms with E-state index in [0.29, 0.717) is 37.4 Å². The number of rotatable bonds is 6. The SMILES string of the molecule is CCNC(=O)N1CCCN(C(=O)c2cccc(OC)c2)C1C(=O)NCCN. The molecule has 1 heterocycles. The lowest BCUT2D eigenvalue weighted by molar-refractivity contribution is -0.132. The van der Waals surface area contributed by atoms with Gasteiger partial charge in [-0.05, 0) is 31.5 Å². The predicted molar refractivity (Wildman–Crippen MR) is 100 cm³/mol. The van der Waals surface area contributed by atoms with Crippen molar-refractivity contribution in [2.75, 3.05) is 39.8 Å². The Bertz CT molecular complexity index is 681. The van der Waals surface area contributed by atoms with Crippen LogP contribution in [-0.4, -0.2) is 73.6 Å². The maximum atomic E-state index is 13.1. The van der Waals surface area contributed by atoms with E-state index in [2.05, 4.69) is 10.6 Å². The molecule has 0 aliphatic carbocycles. The second-order valence-corrected chi connectivity index (χ2v) is 6.07. The van der Waals surface area contributed by atoms with Crippen LogP contribution in [0.3, 0.4) is 0 Å². The highest BCUT2D eigenvalue weighted by Gasteiger charge is 2.40. The second-order valence-electron chi connectivity index (χ2n) is 6.07. The largest absolute Gasteiger partial charge is 0.497 e. The van der Waals surface area contributed by atoms with E-state index in [-0.39, 0.29) is 25.0 Å². The van der Waals surface area contributed by atoms with Crippen LogP contribution >= 0.6 is 0 Å². The van der Waals surface area contributed by atoms with Crippen LogP contribution in [0.1, 0.15) is 23.7 Å². The molecule has 1 aliphatic rings. The number of ether oxygens (including phenoxy) is 1. The standard InChI is InChI=1S/C18H27N5O4/c1-3-20-18(26)23-11-5-10-22(16(23)15(24)21-9-8-19)17(25)13-6-4-7-14(12-13)27-2/h4,6-7,12,16H,3,5,8-11,19H2,1-2H3,(H,20,26)(H,21,24). The summed E-state index contributed by atoms with van der Waals surface area (Å²) >= 11 is 0. The van der Waals surface area contributed by atoms with Crippen molar-refractivity contribution < 1.29 is 19.1 Å². The van der Waals surface area contributed by atoms with Gasteiger partial charge in [0, 0.05) is 38.3 Å². The molecule has 1 saturated heterocycles. The number of carbonyl (C=O) groups is 3. The van der Waals surface area contributed by atoms with Gasteiger partial charge in [0.05, 0.1) is 7.11 Å². The maximum Gasteiger partial charge on any atom is 0.319 e. The van der Waals surface area contributed by atoms with Crippen LogP contribution in [-0.2, 0) is 4.79 Å². The van der Waals surface area contributed by atoms with E-state index in [0.717, 1.165) is 0 Å². The highest BCUT2D eigenvalue weighted by Crippen LogP contribution is 2.21. The minimum absolute atomic E-state index is 0.264. The van der Waals surface area contributed by atoms with Crippen LogP contribution in [0.25, 0.3) is 0 Å². The average Bonchev–Trinajstić information content (AvgIpc) is 2.71. The molecular weight excluding hydrogens is 350 g/mol. The molecule has 27 heavy (non-hydrogen) atoms. The molecule has 1 aromatic carbocycles. The Kier molecular flexibility index (Phi) is 7.42. The monoisotopic (exact) mass is 377 g/mol. The first-order chi connectivity index (χ1) is 13.0. The number of urea groups is 1. The van der Waals surface area contributed by atoms with Gasteiger partial charge in [-0.2, -0.15) is 0 Å². The van der Waals surface area contributed by atoms with Gasteiger partial charge in [0.2, 0.25) is 0 Å². The van der Waals surface area contributed by atoms with Crippen molar-refractivity contribution in [3.63, 3.8) is 0 Å². The lowest BCUT2D eigenvalue weighted by Gasteiger charge is -2.42. The summed E-state index contributed by atoms with van der Waals surface area (Å²) in [4.78, 5) is 41.1. The molecule has 0 spiro atoms. The Morgan fingerprint density at radius 1 is 1.22 bits per heavy atom. The van der Waals surface area contributed by atoms with Crippen LogP contribution in [0.5, 0.6) is 5.75 Å². The fourth-order valence-electron chi connectivity index (χ4n) is 2.99. The Morgan fingerprint density at radius 3 is 2.63 bits per heavy atom. The fraction of sp³-hybridized carbons (Fsp3) is 0.500. The number of nitrogens with two attached hydrogens (primary N) is 1. The molecular formula is C18H27N5O4. The zero-order valence-electron chi connectivity index (χ0n) is 15.7. The van der Waals surface area contributed by atoms with Gasteiger partial charge >= 0.3 is 6.03 Å². The Morgan fingerprint density at radius 2 is 1.96 bits per heavy atom. The maximum absolute atomic E-state index is 13.1. The molecule has 0 radical (unpaired) electrons. The van der Waals surface area contributed by atoms with Gasteiger partial charge < -0.3 is 26.0 Å². The van der Waals surface area contributed by atoms with Gasteiger partial charge in [-0.3, -0.25) is 14.5 Å². The van der Waals surface area contributed by atoms with E-state index in [9.17, 15) is 14.4 Å². The summed E-state index contributed by atoms with van der Waals surface area (Å²) in [5, 5.41) is 5.38. The van der Waals surface area contributed by atoms with Crippen molar-refractivity contribution >= 4 is 17.8 Å². The van der Waals surface area contributed by atoms with Crippen LogP contribution in [0.2, 0.25) is 0 Å². The molecule has 4 N–H and O–H groups in total. The number of hydrogen-bond acceptors (Lipinski definition) is 5. The second kappa shape index (κ2) is 9.77. The summed E-state index contributed by atoms with van der Waals surface area (Å²) in [7, 11) is 1.52. The van der Waals surface area contributed by atoms with Crippen molar-refractivity contribution in [2.24, 2.45) is 5.73 Å². The summed E-state index contributed by atoms with van der Waals surface area (Å²) in [5.74, 6) is -0.221. The van der Waals surface area contributed by atoms with E-state index in [1.807, 2.05) is 0 Å². The van der Waals surface area contributed by atoms with Gasteiger partial charge in [-0.1, -0.05) is 6.07 Å². The molecule has 1 aromatic rings. The van der Waals surface area contributed by atoms with Gasteiger partial charge in [-0.25, -0.2) is 4.79 Å². The molecule has 1 fully saturated rings. The Hall–Kier alpha value is -2.81. The topological polar surface area (TPSA) is 117 Å². The smallest absolute Gasteiger partial charge is 0.319 e. The third-order valence-electron chi connectivity index (χ3n) is 4.23. The number of benzene rings is 1. The van der Waals surface area contributed by atoms with E-state index in [1.54, 1.807) is 31.2 Å². The average molecular weight is 377 g/mol. The van der Waals surface area contributed by atoms with Crippen LogP contribution < -0.4 is 21.1 Å². The Balaban J connectivity index is 2.33. The summed E-state index contributed by atoms with van der Waals surface area (Å²) < 4.78 is 5.17. The summed E-state index contributed by atoms with van der Waals surface area (Å²) in [6.45, 7) is 3.51. The Labute approximate surface area is 158 Å². The molecule has 0 bridgehead atoms. The minimum atomic E-state index is -1.03. The molecule has 9 heteroatoms. The van der Waals surface area contributed by atoms with Crippen molar-refractivity contribution in [3.05, 3.63) is 29.8 Å². The summed E-state index contributed by atoms with van der Waals surface area (Å²) in [6, 6.07) is 6.33. The summed E-state index contributed by atoms with van der Waals surface area (Å²) in [6.07, 6.45) is -0.455. The first-order valence-corrected chi connectivity index (χ1v) is 9.00. The number of methoxy groups -OCH3 is 1. The van der Waals surface area contributed by atoms with Crippen LogP contribution in [0, 0.1) is 0 Å². The molecule has 1 unspecified atom stereocenters. The van der Waals surface area contributed by atoms with Crippen molar-refractivity contribution in [1.29, 1.82) is 0 Å². The van der Waals surface area contributed by atoms with E-state index < -0.39 is 12.1 Å². The first-order valence-electron chi connectivity index (χ1n) is 9.00. The van der Waals surface area contributed by atoms with Gasteiger partial charge in [0.1, 0.15) is 5.75 Å². The summed E-state index contributed by atoms with van der Waals surface area (Å²) in [5.41, 5.74) is 5.86. The molecule has 148 valence electrons. The lowest BCUT2D eigenvalue weighted by Crippen LogP contribution is -2.65. The predicted octanol–water partition coefficient (Wildman–Crippen LogP) is -0.0264. The highest BCUT2D eigenvalue weighted by molar-refractivity contribution is 5.99. The zero-order valence-corrected chi connectivity index (χ0v) is 15.7. The normalized spacial score (nSPS) is 16.6. The van der Waals surface area contributed by atoms with E-state index >= 15 is 0 Å². The number of carbonyl (C=O) groups excluding carboxylic acids is 3. The molecule has 2 rings (SSSR count). The number of amides is 4. The van der Waals surface area contributed by atoms with Gasteiger partial charge in [0.25, 0.3) is 11.8 Å². The molecule has 9 nitrogen and oxygen atoms in total. The molecule has 1 atom stereocenters. The third kappa shape index (κ3) is 4.88. The fourth-order valence-corrected chi connectivity index (χ4v) is 2.99. The van der Waals surface area contributed by atoms with Crippen molar-refractivity contribution in [1.82, 2.24) is 20.4 Å². The van der Waals surface area contributed by atoms with Crippen LogP contribution in [0.4, 0.5) is 4.79 Å². The third-order valence-corrected chi connectivity index (χ3v) is 4.23. The lowest BCUT2D eigenvalue weighted by atomic mass is 10.1. The van der Waals surface area contributed by atoms with Crippen molar-refractivity contribution in [3.8, 4) is 5.75 Å². The van der Waals surface area contributed by atoms with Gasteiger partial charge in [0.15, 0.2) is 6.17 Å². The molecule has 0 aromatic heterocycles. The van der Waals surface area contributed by atoms with E-state index in [4.69, 9.17) is 10.5 Å². The quantitative estimate of drug-likeness (QED) is 0.644. The highest BCUT2D eigenvalue weighted by atomic mass is 16.5. The number of hydrogen-bond donors (Lipinski definition) is 3. The van der Waals surface area contributed by atoms with Crippen LogP contribution in [0.15, 0.2) is 24.3 Å². The van der Waals surface area contributed by atoms with Gasteiger partial charge in [-0.15, -0.1) is 0 Å².